The van der Waals surface area contributed by atoms with E-state index >= 15 is 0 Å². The van der Waals surface area contributed by atoms with E-state index in [-0.39, 0.29) is 11.7 Å². The molecule has 0 atom stereocenters. The van der Waals surface area contributed by atoms with E-state index in [4.69, 9.17) is 5.26 Å². The minimum Gasteiger partial charge on any atom is -0.507 e. The second-order valence-electron chi connectivity index (χ2n) is 4.02. The largest absolute Gasteiger partial charge is 0.507 e. The Morgan fingerprint density at radius 1 is 1.50 bits per heavy atom. The van der Waals surface area contributed by atoms with Crippen LogP contribution in [0, 0.1) is 11.3 Å². The molecule has 1 amide bonds. The average molecular weight is 311 g/mol. The number of phenolic OH excluding ortho intramolecular Hbond substituents is 1. The zero-order valence-corrected chi connectivity index (χ0v) is 11.9. The average Bonchev–Trinajstić information content (AvgIpc) is 2.39. The minimum atomic E-state index is -0.847. The molecule has 5 heteroatoms. The number of nitrogens with one attached hydrogen (secondary N) is 1. The van der Waals surface area contributed by atoms with Gasteiger partial charge in [-0.05, 0) is 47.0 Å². The number of amides is 1. The minimum absolute atomic E-state index is 0.00166. The first kappa shape index (κ1) is 14.5. The maximum Gasteiger partial charge on any atom is 0.252 e. The molecule has 18 heavy (non-hydrogen) atoms. The Kier molecular flexibility index (Phi) is 4.74. The Morgan fingerprint density at radius 2 is 2.11 bits per heavy atom. The van der Waals surface area contributed by atoms with Crippen molar-refractivity contribution in [2.45, 2.75) is 32.2 Å². The Bertz CT molecular complexity index is 490. The monoisotopic (exact) mass is 310 g/mol. The lowest BCUT2D eigenvalue weighted by molar-refractivity contribution is 0.0915. The summed E-state index contributed by atoms with van der Waals surface area (Å²) in [5.41, 5.74) is -0.517. The molecule has 0 bridgehead atoms. The van der Waals surface area contributed by atoms with E-state index < -0.39 is 5.54 Å². The summed E-state index contributed by atoms with van der Waals surface area (Å²) in [7, 11) is 0. The highest BCUT2D eigenvalue weighted by Crippen LogP contribution is 2.24. The van der Waals surface area contributed by atoms with Crippen LogP contribution in [0.5, 0.6) is 5.75 Å². The van der Waals surface area contributed by atoms with Gasteiger partial charge in [-0.1, -0.05) is 13.8 Å². The van der Waals surface area contributed by atoms with Gasteiger partial charge in [0.15, 0.2) is 0 Å². The standard InChI is InChI=1S/C13H15BrN2O2/c1-3-13(4-2,8-15)16-12(18)9-5-6-10(14)11(17)7-9/h5-7,17H,3-4H2,1-2H3,(H,16,18). The summed E-state index contributed by atoms with van der Waals surface area (Å²) in [6, 6.07) is 6.69. The van der Waals surface area contributed by atoms with Gasteiger partial charge in [0, 0.05) is 5.56 Å². The first-order valence-electron chi connectivity index (χ1n) is 5.70. The highest BCUT2D eigenvalue weighted by molar-refractivity contribution is 9.10. The highest BCUT2D eigenvalue weighted by Gasteiger charge is 2.28. The van der Waals surface area contributed by atoms with Gasteiger partial charge in [0.25, 0.3) is 5.91 Å². The molecule has 1 rings (SSSR count). The Hall–Kier alpha value is -1.54. The number of carbonyl (C=O) groups is 1. The molecule has 96 valence electrons. The van der Waals surface area contributed by atoms with Crippen LogP contribution in [-0.2, 0) is 0 Å². The SMILES string of the molecule is CCC(C#N)(CC)NC(=O)c1ccc(Br)c(O)c1. The van der Waals surface area contributed by atoms with Crippen LogP contribution in [0.4, 0.5) is 0 Å². The predicted molar refractivity (Wildman–Crippen MR) is 72.2 cm³/mol. The molecule has 0 aliphatic heterocycles. The Labute approximate surface area is 115 Å². The molecule has 0 spiro atoms. The van der Waals surface area contributed by atoms with Gasteiger partial charge in [0.2, 0.25) is 0 Å². The first-order chi connectivity index (χ1) is 8.48. The number of hydrogen-bond donors (Lipinski definition) is 2. The molecule has 0 radical (unpaired) electrons. The lowest BCUT2D eigenvalue weighted by Gasteiger charge is -2.24. The van der Waals surface area contributed by atoms with Crippen LogP contribution in [0.3, 0.4) is 0 Å². The Balaban J connectivity index is 2.95. The normalized spacial score (nSPS) is 10.8. The Morgan fingerprint density at radius 3 is 2.56 bits per heavy atom. The molecule has 2 N–H and O–H groups in total. The zero-order valence-electron chi connectivity index (χ0n) is 10.3. The fourth-order valence-corrected chi connectivity index (χ4v) is 1.80. The van der Waals surface area contributed by atoms with Gasteiger partial charge < -0.3 is 10.4 Å². The van der Waals surface area contributed by atoms with E-state index in [0.717, 1.165) is 0 Å². The maximum atomic E-state index is 12.0. The van der Waals surface area contributed by atoms with Crippen molar-refractivity contribution in [3.8, 4) is 11.8 Å². The van der Waals surface area contributed by atoms with Crippen LogP contribution in [0.1, 0.15) is 37.0 Å². The number of nitrogens with zero attached hydrogens (tertiary/aromatic N) is 1. The second kappa shape index (κ2) is 5.87. The smallest absolute Gasteiger partial charge is 0.252 e. The fourth-order valence-electron chi connectivity index (χ4n) is 1.56. The molecule has 1 aromatic rings. The van der Waals surface area contributed by atoms with Crippen LogP contribution in [0.15, 0.2) is 22.7 Å². The van der Waals surface area contributed by atoms with Crippen molar-refractivity contribution in [1.29, 1.82) is 5.26 Å². The van der Waals surface area contributed by atoms with Crippen LogP contribution in [0.25, 0.3) is 0 Å². The van der Waals surface area contributed by atoms with E-state index in [0.29, 0.717) is 22.9 Å². The molecular weight excluding hydrogens is 296 g/mol. The van der Waals surface area contributed by atoms with Crippen LogP contribution >= 0.6 is 15.9 Å². The second-order valence-corrected chi connectivity index (χ2v) is 4.88. The van der Waals surface area contributed by atoms with Crippen molar-refractivity contribution in [2.75, 3.05) is 0 Å². The fraction of sp³-hybridized carbons (Fsp3) is 0.385. The lowest BCUT2D eigenvalue weighted by Crippen LogP contribution is -2.46. The first-order valence-corrected chi connectivity index (χ1v) is 6.49. The number of halogens is 1. The van der Waals surface area contributed by atoms with Gasteiger partial charge >= 0.3 is 0 Å². The van der Waals surface area contributed by atoms with Crippen molar-refractivity contribution in [3.05, 3.63) is 28.2 Å². The van der Waals surface area contributed by atoms with E-state index in [1.807, 2.05) is 13.8 Å². The molecule has 0 heterocycles. The van der Waals surface area contributed by atoms with Crippen molar-refractivity contribution >= 4 is 21.8 Å². The zero-order chi connectivity index (χ0) is 13.8. The number of rotatable bonds is 4. The third-order valence-corrected chi connectivity index (χ3v) is 3.65. The van der Waals surface area contributed by atoms with Gasteiger partial charge in [-0.2, -0.15) is 5.26 Å². The molecule has 0 aliphatic carbocycles. The van der Waals surface area contributed by atoms with Crippen molar-refractivity contribution in [3.63, 3.8) is 0 Å². The van der Waals surface area contributed by atoms with Crippen LogP contribution in [0.2, 0.25) is 0 Å². The third kappa shape index (κ3) is 3.02. The van der Waals surface area contributed by atoms with Gasteiger partial charge in [-0.3, -0.25) is 4.79 Å². The van der Waals surface area contributed by atoms with Gasteiger partial charge in [0.05, 0.1) is 10.5 Å². The van der Waals surface area contributed by atoms with E-state index in [9.17, 15) is 9.90 Å². The summed E-state index contributed by atoms with van der Waals surface area (Å²) >= 11 is 3.15. The predicted octanol–water partition coefficient (Wildman–Crippen LogP) is 2.97. The summed E-state index contributed by atoms with van der Waals surface area (Å²) in [4.78, 5) is 12.0. The quantitative estimate of drug-likeness (QED) is 0.898. The molecule has 1 aromatic carbocycles. The molecular formula is C13H15BrN2O2. The summed E-state index contributed by atoms with van der Waals surface area (Å²) in [5, 5.41) is 21.4. The van der Waals surface area contributed by atoms with Gasteiger partial charge in [-0.25, -0.2) is 0 Å². The molecule has 0 saturated heterocycles. The van der Waals surface area contributed by atoms with Crippen LogP contribution < -0.4 is 5.32 Å². The summed E-state index contributed by atoms with van der Waals surface area (Å²) in [6.07, 6.45) is 1.07. The van der Waals surface area contributed by atoms with E-state index in [1.54, 1.807) is 12.1 Å². The number of nitriles is 1. The molecule has 0 aliphatic rings. The van der Waals surface area contributed by atoms with Crippen molar-refractivity contribution in [1.82, 2.24) is 5.32 Å². The number of carbonyl (C=O) groups excluding carboxylic acids is 1. The topological polar surface area (TPSA) is 73.1 Å². The van der Waals surface area contributed by atoms with E-state index in [2.05, 4.69) is 27.3 Å². The number of phenols is 1. The third-order valence-electron chi connectivity index (χ3n) is 2.98. The molecule has 4 nitrogen and oxygen atoms in total. The molecule has 0 saturated carbocycles. The highest BCUT2D eigenvalue weighted by atomic mass is 79.9. The van der Waals surface area contributed by atoms with Crippen molar-refractivity contribution in [2.24, 2.45) is 0 Å². The molecule has 0 fully saturated rings. The number of aromatic hydroxyl groups is 1. The van der Waals surface area contributed by atoms with Crippen molar-refractivity contribution < 1.29 is 9.90 Å². The van der Waals surface area contributed by atoms with Crippen LogP contribution in [-0.4, -0.2) is 16.6 Å². The molecule has 0 aromatic heterocycles. The summed E-state index contributed by atoms with van der Waals surface area (Å²) in [6.45, 7) is 3.71. The summed E-state index contributed by atoms with van der Waals surface area (Å²) < 4.78 is 0.525. The van der Waals surface area contributed by atoms with E-state index in [1.165, 1.54) is 6.07 Å². The lowest BCUT2D eigenvalue weighted by atomic mass is 9.94. The summed E-state index contributed by atoms with van der Waals surface area (Å²) in [5.74, 6) is -0.360. The number of hydrogen-bond acceptors (Lipinski definition) is 3. The van der Waals surface area contributed by atoms with Gasteiger partial charge in [0.1, 0.15) is 11.3 Å². The maximum absolute atomic E-state index is 12.0. The van der Waals surface area contributed by atoms with Gasteiger partial charge in [-0.15, -0.1) is 0 Å². The molecule has 0 unspecified atom stereocenters. The number of benzene rings is 1.